The number of benzene rings is 3. The summed E-state index contributed by atoms with van der Waals surface area (Å²) in [7, 11) is 0. The van der Waals surface area contributed by atoms with Crippen molar-refractivity contribution >= 4 is 52.5 Å². The van der Waals surface area contributed by atoms with Crippen LogP contribution >= 0.6 is 11.6 Å². The third-order valence-corrected chi connectivity index (χ3v) is 10.6. The molecule has 0 bridgehead atoms. The molecule has 270 valence electrons. The van der Waals surface area contributed by atoms with E-state index >= 15 is 0 Å². The fourth-order valence-electron chi connectivity index (χ4n) is 7.85. The lowest BCUT2D eigenvalue weighted by Gasteiger charge is -2.63. The molecule has 52 heavy (non-hydrogen) atoms. The predicted molar refractivity (Wildman–Crippen MR) is 195 cm³/mol. The van der Waals surface area contributed by atoms with E-state index in [0.717, 1.165) is 23.4 Å². The Labute approximate surface area is 307 Å². The zero-order valence-corrected chi connectivity index (χ0v) is 30.2. The van der Waals surface area contributed by atoms with Gasteiger partial charge in [-0.05, 0) is 73.9 Å². The second-order valence-electron chi connectivity index (χ2n) is 14.6. The number of ether oxygens (including phenoxy) is 1. The van der Waals surface area contributed by atoms with Crippen molar-refractivity contribution in [3.63, 3.8) is 0 Å². The molecule has 13 heteroatoms. The molecule has 0 spiro atoms. The molecule has 2 fully saturated rings. The number of anilines is 2. The van der Waals surface area contributed by atoms with Gasteiger partial charge in [-0.25, -0.2) is 0 Å². The third kappa shape index (κ3) is 6.93. The molecule has 1 saturated carbocycles. The van der Waals surface area contributed by atoms with Gasteiger partial charge in [-0.2, -0.15) is 5.26 Å². The average Bonchev–Trinajstić information content (AvgIpc) is 3.35. The zero-order valence-electron chi connectivity index (χ0n) is 29.5. The van der Waals surface area contributed by atoms with Crippen molar-refractivity contribution in [3.05, 3.63) is 87.9 Å². The Bertz CT molecular complexity index is 1970. The van der Waals surface area contributed by atoms with E-state index in [1.54, 1.807) is 48.5 Å². The Hall–Kier alpha value is -5.41. The highest BCUT2D eigenvalue weighted by molar-refractivity contribution is 6.31. The summed E-state index contributed by atoms with van der Waals surface area (Å²) in [4.78, 5) is 64.0. The van der Waals surface area contributed by atoms with Gasteiger partial charge in [0.15, 0.2) is 0 Å². The van der Waals surface area contributed by atoms with E-state index in [1.165, 1.54) is 0 Å². The summed E-state index contributed by atoms with van der Waals surface area (Å²) >= 11 is 6.21. The van der Waals surface area contributed by atoms with Gasteiger partial charge in [0.2, 0.25) is 11.8 Å². The molecule has 3 aliphatic rings. The van der Waals surface area contributed by atoms with Crippen molar-refractivity contribution in [2.75, 3.05) is 23.7 Å². The summed E-state index contributed by atoms with van der Waals surface area (Å²) in [6.07, 6.45) is 1.67. The zero-order chi connectivity index (χ0) is 37.4. The van der Waals surface area contributed by atoms with Crippen LogP contribution in [0.2, 0.25) is 5.02 Å². The van der Waals surface area contributed by atoms with Gasteiger partial charge in [0.05, 0.1) is 21.7 Å². The van der Waals surface area contributed by atoms with Gasteiger partial charge in [-0.1, -0.05) is 39.3 Å². The summed E-state index contributed by atoms with van der Waals surface area (Å²) in [6, 6.07) is 18.2. The molecule has 12 nitrogen and oxygen atoms in total. The maximum absolute atomic E-state index is 13.3. The van der Waals surface area contributed by atoms with Crippen LogP contribution in [0.3, 0.4) is 0 Å². The largest absolute Gasteiger partial charge is 0.489 e. The van der Waals surface area contributed by atoms with E-state index in [-0.39, 0.29) is 52.9 Å². The van der Waals surface area contributed by atoms with E-state index in [2.05, 4.69) is 55.0 Å². The fraction of sp³-hybridized carbons (Fsp3) is 0.385. The molecule has 4 N–H and O–H groups in total. The number of rotatable bonds is 12. The Morgan fingerprint density at radius 3 is 2.17 bits per heavy atom. The minimum Gasteiger partial charge on any atom is -0.489 e. The SMILES string of the molecule is CC1(C)C(NC(=O)c2ccc(NCCCCNc3ccc4c(c3)C(=O)N(C3CCC(=O)NC3=O)C4=O)cc2)C(C)(C)C1Oc1ccc(C#N)c(Cl)c1. The van der Waals surface area contributed by atoms with Gasteiger partial charge >= 0.3 is 0 Å². The summed E-state index contributed by atoms with van der Waals surface area (Å²) in [6.45, 7) is 9.61. The smallest absolute Gasteiger partial charge is 0.262 e. The first-order chi connectivity index (χ1) is 24.7. The maximum Gasteiger partial charge on any atom is 0.262 e. The molecular weight excluding hydrogens is 684 g/mol. The van der Waals surface area contributed by atoms with Gasteiger partial charge in [0.25, 0.3) is 17.7 Å². The van der Waals surface area contributed by atoms with Crippen molar-refractivity contribution in [1.82, 2.24) is 15.5 Å². The minimum absolute atomic E-state index is 0.0733. The fourth-order valence-corrected chi connectivity index (χ4v) is 8.06. The van der Waals surface area contributed by atoms with Crippen LogP contribution < -0.4 is 26.0 Å². The molecule has 0 radical (unpaired) electrons. The first-order valence-corrected chi connectivity index (χ1v) is 17.7. The lowest BCUT2D eigenvalue weighted by atomic mass is 9.49. The molecule has 3 aromatic carbocycles. The number of nitriles is 1. The Kier molecular flexibility index (Phi) is 10.0. The highest BCUT2D eigenvalue weighted by atomic mass is 35.5. The highest BCUT2D eigenvalue weighted by Crippen LogP contribution is 2.55. The van der Waals surface area contributed by atoms with Gasteiger partial charge in [0, 0.05) is 59.4 Å². The van der Waals surface area contributed by atoms with Crippen LogP contribution in [-0.4, -0.2) is 65.7 Å². The molecular formula is C39H41ClN6O6. The lowest BCUT2D eigenvalue weighted by molar-refractivity contribution is -0.164. The third-order valence-electron chi connectivity index (χ3n) is 10.3. The van der Waals surface area contributed by atoms with Crippen LogP contribution in [0.4, 0.5) is 11.4 Å². The van der Waals surface area contributed by atoms with E-state index in [9.17, 15) is 24.0 Å². The van der Waals surface area contributed by atoms with E-state index in [1.807, 2.05) is 12.1 Å². The molecule has 2 heterocycles. The Morgan fingerprint density at radius 1 is 0.904 bits per heavy atom. The van der Waals surface area contributed by atoms with Crippen LogP contribution in [0.15, 0.2) is 60.7 Å². The van der Waals surface area contributed by atoms with Crippen molar-refractivity contribution in [2.45, 2.75) is 71.6 Å². The number of fused-ring (bicyclic) bond motifs is 1. The number of nitrogens with one attached hydrogen (secondary N) is 4. The summed E-state index contributed by atoms with van der Waals surface area (Å²) in [5.41, 5.74) is 2.27. The standard InChI is InChI=1S/C39H41ClN6O6/c1-38(2)36(39(3,4)37(38)52-26-13-9-23(21-41)29(40)20-26)45-32(48)22-7-10-24(11-8-22)42-17-5-6-18-43-25-12-14-27-28(19-25)35(51)46(34(27)50)30-15-16-31(47)44-33(30)49/h7-14,19-20,30,36-37,42-43H,5-6,15-18H2,1-4H3,(H,45,48)(H,44,47,49). The van der Waals surface area contributed by atoms with E-state index < -0.39 is 29.7 Å². The summed E-state index contributed by atoms with van der Waals surface area (Å²) in [5.74, 6) is -1.69. The number of unbranched alkanes of at least 4 members (excludes halogenated alkanes) is 1. The average molecular weight is 725 g/mol. The molecule has 5 amide bonds. The second kappa shape index (κ2) is 14.3. The maximum atomic E-state index is 13.3. The van der Waals surface area contributed by atoms with Crippen LogP contribution in [0.25, 0.3) is 0 Å². The van der Waals surface area contributed by atoms with Gasteiger partial charge in [0.1, 0.15) is 24.0 Å². The molecule has 1 atom stereocenters. The van der Waals surface area contributed by atoms with Crippen LogP contribution in [0.1, 0.15) is 90.0 Å². The molecule has 3 aromatic rings. The predicted octanol–water partition coefficient (Wildman–Crippen LogP) is 5.53. The molecule has 1 unspecified atom stereocenters. The number of piperidine rings is 1. The first kappa shape index (κ1) is 36.4. The number of hydrogen-bond donors (Lipinski definition) is 4. The van der Waals surface area contributed by atoms with Crippen molar-refractivity contribution in [1.29, 1.82) is 5.26 Å². The molecule has 1 aliphatic carbocycles. The number of nitrogens with zero attached hydrogens (tertiary/aromatic N) is 2. The second-order valence-corrected chi connectivity index (χ2v) is 15.1. The minimum atomic E-state index is -0.993. The van der Waals surface area contributed by atoms with E-state index in [0.29, 0.717) is 40.7 Å². The lowest BCUT2D eigenvalue weighted by Crippen LogP contribution is -2.74. The van der Waals surface area contributed by atoms with Gasteiger partial charge in [-0.3, -0.25) is 34.2 Å². The quantitative estimate of drug-likeness (QED) is 0.139. The summed E-state index contributed by atoms with van der Waals surface area (Å²) < 4.78 is 6.33. The van der Waals surface area contributed by atoms with Gasteiger partial charge < -0.3 is 20.7 Å². The number of imide groups is 2. The topological polar surface area (TPSA) is 170 Å². The highest BCUT2D eigenvalue weighted by Gasteiger charge is 2.64. The van der Waals surface area contributed by atoms with Gasteiger partial charge in [-0.15, -0.1) is 0 Å². The monoisotopic (exact) mass is 724 g/mol. The molecule has 2 aliphatic heterocycles. The normalized spacial score (nSPS) is 21.4. The number of hydrogen-bond acceptors (Lipinski definition) is 9. The van der Waals surface area contributed by atoms with Crippen molar-refractivity contribution in [2.24, 2.45) is 10.8 Å². The van der Waals surface area contributed by atoms with Crippen molar-refractivity contribution < 1.29 is 28.7 Å². The van der Waals surface area contributed by atoms with Crippen LogP contribution in [0, 0.1) is 22.2 Å². The van der Waals surface area contributed by atoms with Crippen LogP contribution in [0.5, 0.6) is 5.75 Å². The number of halogens is 1. The Balaban J connectivity index is 0.935. The number of carbonyl (C=O) groups is 5. The molecule has 1 saturated heterocycles. The molecule has 6 rings (SSSR count). The Morgan fingerprint density at radius 2 is 1.54 bits per heavy atom. The number of amides is 5. The summed E-state index contributed by atoms with van der Waals surface area (Å²) in [5, 5.41) is 21.6. The van der Waals surface area contributed by atoms with E-state index in [4.69, 9.17) is 21.6 Å². The van der Waals surface area contributed by atoms with Crippen LogP contribution in [-0.2, 0) is 9.59 Å². The number of carbonyl (C=O) groups excluding carboxylic acids is 5. The first-order valence-electron chi connectivity index (χ1n) is 17.3. The van der Waals surface area contributed by atoms with Crippen molar-refractivity contribution in [3.8, 4) is 11.8 Å². The molecule has 0 aromatic heterocycles.